The summed E-state index contributed by atoms with van der Waals surface area (Å²) in [6.45, 7) is 1.64. The number of hydrogen-bond acceptors (Lipinski definition) is 1. The van der Waals surface area contributed by atoms with Crippen molar-refractivity contribution in [1.82, 2.24) is 0 Å². The van der Waals surface area contributed by atoms with E-state index in [1.807, 2.05) is 45.2 Å². The van der Waals surface area contributed by atoms with Crippen LogP contribution >= 0.6 is 45.2 Å². The third-order valence-electron chi connectivity index (χ3n) is 0.376. The van der Waals surface area contributed by atoms with Crippen molar-refractivity contribution in [2.24, 2.45) is 0 Å². The molecule has 0 spiro atoms. The number of rotatable bonds is 1. The van der Waals surface area contributed by atoms with Crippen LogP contribution in [-0.2, 0) is 4.79 Å². The molecular weight excluding hydrogens is 322 g/mol. The SMILES string of the molecule is CC(I)(I)C(=O)O. The third-order valence-corrected chi connectivity index (χ3v) is 1.30. The normalized spacial score (nSPS) is 11.3. The smallest absolute Gasteiger partial charge is 0.329 e. The number of carboxylic acid groups (broad SMARTS) is 1. The molecule has 4 heteroatoms. The summed E-state index contributed by atoms with van der Waals surface area (Å²) in [6, 6.07) is 0. The van der Waals surface area contributed by atoms with Gasteiger partial charge in [-0.25, -0.2) is 4.79 Å². The highest BCUT2D eigenvalue weighted by atomic mass is 127. The molecule has 0 aliphatic rings. The monoisotopic (exact) mass is 326 g/mol. The van der Waals surface area contributed by atoms with Crippen molar-refractivity contribution >= 4 is 51.2 Å². The lowest BCUT2D eigenvalue weighted by Crippen LogP contribution is -2.18. The number of aliphatic carboxylic acids is 1. The standard InChI is InChI=1S/C3H4I2O2/c1-3(4,5)2(6)7/h1H3,(H,6,7). The Morgan fingerprint density at radius 3 is 1.86 bits per heavy atom. The molecule has 2 nitrogen and oxygen atoms in total. The fourth-order valence-electron chi connectivity index (χ4n) is 0. The van der Waals surface area contributed by atoms with Crippen molar-refractivity contribution in [2.45, 2.75) is 8.35 Å². The van der Waals surface area contributed by atoms with Gasteiger partial charge in [-0.05, 0) is 6.92 Å². The molecule has 0 unspecified atom stereocenters. The van der Waals surface area contributed by atoms with Crippen LogP contribution in [0.2, 0.25) is 0 Å². The van der Waals surface area contributed by atoms with E-state index in [9.17, 15) is 4.79 Å². The van der Waals surface area contributed by atoms with Gasteiger partial charge in [-0.15, -0.1) is 0 Å². The highest BCUT2D eigenvalue weighted by Gasteiger charge is 2.24. The Labute approximate surface area is 68.9 Å². The molecule has 0 aliphatic heterocycles. The molecule has 7 heavy (non-hydrogen) atoms. The maximum Gasteiger partial charge on any atom is 0.329 e. The second-order valence-corrected chi connectivity index (χ2v) is 7.57. The van der Waals surface area contributed by atoms with E-state index in [-0.39, 0.29) is 0 Å². The Morgan fingerprint density at radius 2 is 1.86 bits per heavy atom. The van der Waals surface area contributed by atoms with E-state index >= 15 is 0 Å². The van der Waals surface area contributed by atoms with Gasteiger partial charge in [-0.3, -0.25) is 0 Å². The zero-order chi connectivity index (χ0) is 6.08. The largest absolute Gasteiger partial charge is 0.480 e. The van der Waals surface area contributed by atoms with Crippen molar-refractivity contribution in [2.75, 3.05) is 0 Å². The second kappa shape index (κ2) is 2.47. The lowest BCUT2D eigenvalue weighted by atomic mass is 10.5. The van der Waals surface area contributed by atoms with E-state index in [2.05, 4.69) is 0 Å². The molecular formula is C3H4I2O2. The van der Waals surface area contributed by atoms with Gasteiger partial charge in [0, 0.05) is 0 Å². The van der Waals surface area contributed by atoms with Gasteiger partial charge in [-0.1, -0.05) is 45.2 Å². The molecule has 42 valence electrons. The van der Waals surface area contributed by atoms with Gasteiger partial charge < -0.3 is 5.11 Å². The third kappa shape index (κ3) is 3.51. The predicted octanol–water partition coefficient (Wildman–Crippen LogP) is 1.66. The molecule has 0 aliphatic carbocycles. The lowest BCUT2D eigenvalue weighted by Gasteiger charge is -2.03. The number of hydrogen-bond donors (Lipinski definition) is 1. The molecule has 0 aromatic rings. The molecule has 0 amide bonds. The predicted molar refractivity (Wildman–Crippen MR) is 44.1 cm³/mol. The summed E-state index contributed by atoms with van der Waals surface area (Å²) < 4.78 is -0.643. The zero-order valence-electron chi connectivity index (χ0n) is 3.61. The average Bonchev–Trinajstić information content (AvgIpc) is 1.31. The summed E-state index contributed by atoms with van der Waals surface area (Å²) >= 11 is 3.71. The Morgan fingerprint density at radius 1 is 1.71 bits per heavy atom. The quantitative estimate of drug-likeness (QED) is 0.588. The molecule has 1 N–H and O–H groups in total. The number of carboxylic acids is 1. The topological polar surface area (TPSA) is 37.3 Å². The number of carbonyl (C=O) groups is 1. The summed E-state index contributed by atoms with van der Waals surface area (Å²) in [4.78, 5) is 10.0. The first-order valence-corrected chi connectivity index (χ1v) is 3.71. The minimum Gasteiger partial charge on any atom is -0.480 e. The van der Waals surface area contributed by atoms with Gasteiger partial charge in [0.05, 0.1) is 0 Å². The van der Waals surface area contributed by atoms with Crippen molar-refractivity contribution in [3.63, 3.8) is 0 Å². The summed E-state index contributed by atoms with van der Waals surface area (Å²) in [5.41, 5.74) is 0. The fraction of sp³-hybridized carbons (Fsp3) is 0.667. The first kappa shape index (κ1) is 7.93. The van der Waals surface area contributed by atoms with Gasteiger partial charge >= 0.3 is 5.97 Å². The molecule has 0 aromatic heterocycles. The Hall–Kier alpha value is 0.930. The van der Waals surface area contributed by atoms with E-state index in [0.717, 1.165) is 0 Å². The fourth-order valence-corrected chi connectivity index (χ4v) is 0. The molecule has 0 atom stereocenters. The van der Waals surface area contributed by atoms with Crippen molar-refractivity contribution < 1.29 is 9.90 Å². The molecule has 0 saturated heterocycles. The minimum absolute atomic E-state index is 0.643. The maximum atomic E-state index is 10.0. The Balaban J connectivity index is 3.79. The van der Waals surface area contributed by atoms with E-state index in [4.69, 9.17) is 5.11 Å². The van der Waals surface area contributed by atoms with Crippen LogP contribution in [0.3, 0.4) is 0 Å². The minimum atomic E-state index is -0.784. The molecule has 0 heterocycles. The molecule has 0 fully saturated rings. The van der Waals surface area contributed by atoms with E-state index in [1.54, 1.807) is 6.92 Å². The number of halogens is 2. The maximum absolute atomic E-state index is 10.0. The van der Waals surface area contributed by atoms with Crippen molar-refractivity contribution in [3.05, 3.63) is 0 Å². The number of alkyl halides is 2. The van der Waals surface area contributed by atoms with Crippen LogP contribution in [0.15, 0.2) is 0 Å². The van der Waals surface area contributed by atoms with Crippen molar-refractivity contribution in [3.8, 4) is 0 Å². The van der Waals surface area contributed by atoms with Crippen LogP contribution in [0.1, 0.15) is 6.92 Å². The summed E-state index contributed by atoms with van der Waals surface area (Å²) in [5.74, 6) is -0.784. The molecule has 0 bridgehead atoms. The highest BCUT2D eigenvalue weighted by molar-refractivity contribution is 14.2. The second-order valence-electron chi connectivity index (χ2n) is 1.19. The van der Waals surface area contributed by atoms with Gasteiger partial charge in [0.1, 0.15) is 0 Å². The van der Waals surface area contributed by atoms with Crippen LogP contribution < -0.4 is 0 Å². The van der Waals surface area contributed by atoms with E-state index in [0.29, 0.717) is 0 Å². The van der Waals surface area contributed by atoms with Crippen molar-refractivity contribution in [1.29, 1.82) is 0 Å². The lowest BCUT2D eigenvalue weighted by molar-refractivity contribution is -0.136. The first-order chi connectivity index (χ1) is 2.94. The van der Waals surface area contributed by atoms with Crippen LogP contribution in [0, 0.1) is 0 Å². The van der Waals surface area contributed by atoms with Crippen LogP contribution in [-0.4, -0.2) is 12.5 Å². The average molecular weight is 326 g/mol. The summed E-state index contributed by atoms with van der Waals surface area (Å²) in [7, 11) is 0. The highest BCUT2D eigenvalue weighted by Crippen LogP contribution is 2.25. The molecule has 0 saturated carbocycles. The Kier molecular flexibility index (Phi) is 2.80. The molecule has 0 radical (unpaired) electrons. The van der Waals surface area contributed by atoms with Gasteiger partial charge in [-0.2, -0.15) is 0 Å². The van der Waals surface area contributed by atoms with E-state index in [1.165, 1.54) is 0 Å². The van der Waals surface area contributed by atoms with Gasteiger partial charge in [0.15, 0.2) is 1.43 Å². The van der Waals surface area contributed by atoms with Crippen LogP contribution in [0.4, 0.5) is 0 Å². The first-order valence-electron chi connectivity index (χ1n) is 1.56. The molecule has 0 rings (SSSR count). The van der Waals surface area contributed by atoms with Crippen LogP contribution in [0.25, 0.3) is 0 Å². The Bertz CT molecular complexity index is 83.4. The van der Waals surface area contributed by atoms with Gasteiger partial charge in [0.25, 0.3) is 0 Å². The summed E-state index contributed by atoms with van der Waals surface area (Å²) in [5, 5.41) is 8.24. The summed E-state index contributed by atoms with van der Waals surface area (Å²) in [6.07, 6.45) is 0. The zero-order valence-corrected chi connectivity index (χ0v) is 7.93. The molecule has 0 aromatic carbocycles. The van der Waals surface area contributed by atoms with Gasteiger partial charge in [0.2, 0.25) is 0 Å². The van der Waals surface area contributed by atoms with E-state index < -0.39 is 7.40 Å². The van der Waals surface area contributed by atoms with Crippen LogP contribution in [0.5, 0.6) is 0 Å².